The molecule has 0 bridgehead atoms. The van der Waals surface area contributed by atoms with E-state index in [1.165, 1.54) is 11.3 Å². The summed E-state index contributed by atoms with van der Waals surface area (Å²) in [4.78, 5) is 50.8. The fourth-order valence-electron chi connectivity index (χ4n) is 4.02. The summed E-state index contributed by atoms with van der Waals surface area (Å²) < 4.78 is 6.26. The van der Waals surface area contributed by atoms with E-state index in [0.29, 0.717) is 17.1 Å². The van der Waals surface area contributed by atoms with Crippen LogP contribution in [0.2, 0.25) is 0 Å². The fourth-order valence-corrected chi connectivity index (χ4v) is 5.07. The standard InChI is InChI=1S/C28H31BrN4O4S/c1-5-21-10-11-23(38-21)25(34)32-22(26(35)33-15-19(16-33)27(36)37-28(2,3)4)12-17-6-8-18(9-7-17)24-30-13-20(29)14-31-24/h6-11,13-14,19,22H,5,12,15-16H2,1-4H3,(H,32,34)/t22-/m0/s1. The summed E-state index contributed by atoms with van der Waals surface area (Å²) in [5.41, 5.74) is 1.15. The molecular formula is C28H31BrN4O4S. The molecule has 0 saturated carbocycles. The highest BCUT2D eigenvalue weighted by Gasteiger charge is 2.40. The molecule has 8 nitrogen and oxygen atoms in total. The number of ether oxygens (including phenoxy) is 1. The number of halogens is 1. The number of hydrogen-bond acceptors (Lipinski definition) is 7. The van der Waals surface area contributed by atoms with Crippen molar-refractivity contribution < 1.29 is 19.1 Å². The molecule has 2 amide bonds. The second-order valence-electron chi connectivity index (χ2n) is 10.2. The summed E-state index contributed by atoms with van der Waals surface area (Å²) in [6.45, 7) is 8.05. The van der Waals surface area contributed by atoms with E-state index in [1.54, 1.807) is 23.4 Å². The van der Waals surface area contributed by atoms with E-state index in [0.717, 1.165) is 26.9 Å². The van der Waals surface area contributed by atoms with Gasteiger partial charge in [-0.3, -0.25) is 14.4 Å². The summed E-state index contributed by atoms with van der Waals surface area (Å²) >= 11 is 4.76. The SMILES string of the molecule is CCc1ccc(C(=O)N[C@@H](Cc2ccc(-c3ncc(Br)cn3)cc2)C(=O)N2CC(C(=O)OC(C)(C)C)C2)s1. The van der Waals surface area contributed by atoms with Crippen molar-refractivity contribution in [3.63, 3.8) is 0 Å². The maximum atomic E-state index is 13.5. The molecule has 1 aliphatic heterocycles. The molecule has 200 valence electrons. The predicted molar refractivity (Wildman–Crippen MR) is 150 cm³/mol. The van der Waals surface area contributed by atoms with Gasteiger partial charge in [0.1, 0.15) is 11.6 Å². The third-order valence-electron chi connectivity index (χ3n) is 6.04. The Morgan fingerprint density at radius 2 is 1.76 bits per heavy atom. The topological polar surface area (TPSA) is 101 Å². The van der Waals surface area contributed by atoms with Crippen LogP contribution >= 0.6 is 27.3 Å². The summed E-state index contributed by atoms with van der Waals surface area (Å²) in [7, 11) is 0. The van der Waals surface area contributed by atoms with Crippen LogP contribution in [0.4, 0.5) is 0 Å². The number of benzene rings is 1. The van der Waals surface area contributed by atoms with E-state index in [-0.39, 0.29) is 36.8 Å². The lowest BCUT2D eigenvalue weighted by Crippen LogP contribution is -2.59. The van der Waals surface area contributed by atoms with Crippen molar-refractivity contribution in [2.45, 2.75) is 52.2 Å². The zero-order valence-corrected chi connectivity index (χ0v) is 24.3. The van der Waals surface area contributed by atoms with E-state index in [4.69, 9.17) is 4.74 Å². The molecule has 1 aliphatic rings. The van der Waals surface area contributed by atoms with Gasteiger partial charge in [0.15, 0.2) is 5.82 Å². The monoisotopic (exact) mass is 598 g/mol. The third-order valence-corrected chi connectivity index (χ3v) is 7.68. The van der Waals surface area contributed by atoms with Crippen LogP contribution in [-0.2, 0) is 27.2 Å². The molecule has 1 aromatic carbocycles. The summed E-state index contributed by atoms with van der Waals surface area (Å²) in [5, 5.41) is 2.94. The molecule has 1 atom stereocenters. The number of esters is 1. The minimum atomic E-state index is -0.774. The number of nitrogens with one attached hydrogen (secondary N) is 1. The second-order valence-corrected chi connectivity index (χ2v) is 12.3. The molecule has 4 rings (SSSR count). The number of nitrogens with zero attached hydrogens (tertiary/aromatic N) is 3. The summed E-state index contributed by atoms with van der Waals surface area (Å²) in [6.07, 6.45) is 4.53. The van der Waals surface area contributed by atoms with Crippen molar-refractivity contribution in [2.75, 3.05) is 13.1 Å². The molecule has 0 unspecified atom stereocenters. The maximum Gasteiger partial charge on any atom is 0.313 e. The average molecular weight is 600 g/mol. The first kappa shape index (κ1) is 27.9. The first-order chi connectivity index (χ1) is 18.0. The van der Waals surface area contributed by atoms with Crippen LogP contribution in [0.15, 0.2) is 53.3 Å². The number of aryl methyl sites for hydroxylation is 1. The quantitative estimate of drug-likeness (QED) is 0.378. The fraction of sp³-hybridized carbons (Fsp3) is 0.393. The maximum absolute atomic E-state index is 13.5. The van der Waals surface area contributed by atoms with Crippen molar-refractivity contribution in [1.82, 2.24) is 20.2 Å². The molecule has 10 heteroatoms. The molecule has 0 aliphatic carbocycles. The summed E-state index contributed by atoms with van der Waals surface area (Å²) in [6, 6.07) is 10.6. The van der Waals surface area contributed by atoms with Crippen LogP contribution in [0, 0.1) is 5.92 Å². The first-order valence-electron chi connectivity index (χ1n) is 12.5. The lowest BCUT2D eigenvalue weighted by molar-refractivity contribution is -0.168. The molecular weight excluding hydrogens is 568 g/mol. The number of aromatic nitrogens is 2. The Morgan fingerprint density at radius 3 is 2.34 bits per heavy atom. The zero-order valence-electron chi connectivity index (χ0n) is 21.9. The van der Waals surface area contributed by atoms with Crippen LogP contribution in [0.3, 0.4) is 0 Å². The number of thiophene rings is 1. The van der Waals surface area contributed by atoms with Crippen LogP contribution < -0.4 is 5.32 Å². The van der Waals surface area contributed by atoms with Gasteiger partial charge in [-0.2, -0.15) is 0 Å². The van der Waals surface area contributed by atoms with E-state index < -0.39 is 11.6 Å². The minimum absolute atomic E-state index is 0.217. The van der Waals surface area contributed by atoms with Gasteiger partial charge in [-0.25, -0.2) is 9.97 Å². The van der Waals surface area contributed by atoms with Crippen molar-refractivity contribution in [2.24, 2.45) is 5.92 Å². The predicted octanol–water partition coefficient (Wildman–Crippen LogP) is 4.67. The minimum Gasteiger partial charge on any atom is -0.460 e. The molecule has 2 aromatic heterocycles. The Bertz CT molecular complexity index is 1300. The number of hydrogen-bond donors (Lipinski definition) is 1. The molecule has 1 N–H and O–H groups in total. The normalized spacial score (nSPS) is 14.5. The Hall–Kier alpha value is -3.11. The van der Waals surface area contributed by atoms with Gasteiger partial charge < -0.3 is 15.0 Å². The van der Waals surface area contributed by atoms with E-state index >= 15 is 0 Å². The number of carbonyl (C=O) groups is 3. The van der Waals surface area contributed by atoms with Crippen molar-refractivity contribution in [3.05, 3.63) is 68.6 Å². The van der Waals surface area contributed by atoms with Crippen LogP contribution in [0.5, 0.6) is 0 Å². The average Bonchev–Trinajstić information content (AvgIpc) is 3.32. The van der Waals surface area contributed by atoms with Gasteiger partial charge in [-0.1, -0.05) is 31.2 Å². The highest BCUT2D eigenvalue weighted by atomic mass is 79.9. The zero-order chi connectivity index (χ0) is 27.4. The number of carbonyl (C=O) groups excluding carboxylic acids is 3. The molecule has 0 spiro atoms. The molecule has 3 heterocycles. The Labute approximate surface area is 235 Å². The number of likely N-dealkylation sites (tertiary alicyclic amines) is 1. The van der Waals surface area contributed by atoms with Gasteiger partial charge in [0.25, 0.3) is 5.91 Å². The molecule has 38 heavy (non-hydrogen) atoms. The van der Waals surface area contributed by atoms with Crippen LogP contribution in [0.25, 0.3) is 11.4 Å². The first-order valence-corrected chi connectivity index (χ1v) is 14.1. The van der Waals surface area contributed by atoms with Gasteiger partial charge in [-0.05, 0) is 60.8 Å². The van der Waals surface area contributed by atoms with Gasteiger partial charge in [-0.15, -0.1) is 11.3 Å². The Balaban J connectivity index is 1.47. The number of amides is 2. The third kappa shape index (κ3) is 7.05. The highest BCUT2D eigenvalue weighted by Crippen LogP contribution is 2.24. The lowest BCUT2D eigenvalue weighted by Gasteiger charge is -2.40. The van der Waals surface area contributed by atoms with E-state index in [1.807, 2.05) is 58.0 Å². The summed E-state index contributed by atoms with van der Waals surface area (Å²) in [5.74, 6) is -0.565. The van der Waals surface area contributed by atoms with Crippen molar-refractivity contribution >= 4 is 45.1 Å². The van der Waals surface area contributed by atoms with E-state index in [9.17, 15) is 14.4 Å². The van der Waals surface area contributed by atoms with E-state index in [2.05, 4.69) is 31.2 Å². The lowest BCUT2D eigenvalue weighted by atomic mass is 9.96. The van der Waals surface area contributed by atoms with Crippen molar-refractivity contribution in [3.8, 4) is 11.4 Å². The van der Waals surface area contributed by atoms with Crippen LogP contribution in [0.1, 0.15) is 47.8 Å². The second kappa shape index (κ2) is 11.7. The van der Waals surface area contributed by atoms with Crippen LogP contribution in [-0.4, -0.2) is 57.4 Å². The Kier molecular flexibility index (Phi) is 8.62. The largest absolute Gasteiger partial charge is 0.460 e. The number of rotatable bonds is 8. The molecule has 1 saturated heterocycles. The highest BCUT2D eigenvalue weighted by molar-refractivity contribution is 9.10. The van der Waals surface area contributed by atoms with Gasteiger partial charge in [0.2, 0.25) is 5.91 Å². The molecule has 3 aromatic rings. The molecule has 1 fully saturated rings. The van der Waals surface area contributed by atoms with Crippen molar-refractivity contribution in [1.29, 1.82) is 0 Å². The Morgan fingerprint density at radius 1 is 1.11 bits per heavy atom. The van der Waals surface area contributed by atoms with Gasteiger partial charge in [0, 0.05) is 42.3 Å². The van der Waals surface area contributed by atoms with Gasteiger partial charge >= 0.3 is 5.97 Å². The smallest absolute Gasteiger partial charge is 0.313 e. The molecule has 0 radical (unpaired) electrons. The van der Waals surface area contributed by atoms with Gasteiger partial charge in [0.05, 0.1) is 15.3 Å².